The lowest BCUT2D eigenvalue weighted by molar-refractivity contribution is -0.0176. The van der Waals surface area contributed by atoms with Crippen molar-refractivity contribution in [1.82, 2.24) is 4.90 Å². The van der Waals surface area contributed by atoms with Crippen molar-refractivity contribution in [2.24, 2.45) is 0 Å². The van der Waals surface area contributed by atoms with Gasteiger partial charge in [0.2, 0.25) is 0 Å². The number of nitrogens with zero attached hydrogens (tertiary/aromatic N) is 1. The molecule has 0 bridgehead atoms. The summed E-state index contributed by atoms with van der Waals surface area (Å²) >= 11 is 0. The Morgan fingerprint density at radius 1 is 1.62 bits per heavy atom. The van der Waals surface area contributed by atoms with Gasteiger partial charge in [0, 0.05) is 19.2 Å². The second kappa shape index (κ2) is 4.94. The number of aliphatic hydroxyl groups is 1. The van der Waals surface area contributed by atoms with Gasteiger partial charge in [0.15, 0.2) is 0 Å². The summed E-state index contributed by atoms with van der Waals surface area (Å²) in [6, 6.07) is 0.689. The molecule has 0 aliphatic carbocycles. The van der Waals surface area contributed by atoms with Crippen LogP contribution in [-0.4, -0.2) is 48.5 Å². The Hall–Kier alpha value is -0.120. The number of hydrogen-bond acceptors (Lipinski definition) is 3. The van der Waals surface area contributed by atoms with Crippen LogP contribution in [-0.2, 0) is 4.74 Å². The average Bonchev–Trinajstić information content (AvgIpc) is 2.10. The van der Waals surface area contributed by atoms with E-state index >= 15 is 0 Å². The Labute approximate surface area is 80.7 Å². The maximum absolute atomic E-state index is 9.68. The van der Waals surface area contributed by atoms with Crippen LogP contribution in [0.5, 0.6) is 0 Å². The topological polar surface area (TPSA) is 32.7 Å². The number of rotatable bonds is 3. The van der Waals surface area contributed by atoms with Crippen LogP contribution in [0, 0.1) is 0 Å². The Bertz CT molecular complexity index is 152. The minimum absolute atomic E-state index is 0.159. The summed E-state index contributed by atoms with van der Waals surface area (Å²) in [5.74, 6) is 0. The van der Waals surface area contributed by atoms with Gasteiger partial charge in [0.1, 0.15) is 0 Å². The third-order valence-corrected chi connectivity index (χ3v) is 2.97. The molecule has 0 saturated carbocycles. The molecule has 3 unspecified atom stereocenters. The first-order chi connectivity index (χ1) is 6.16. The van der Waals surface area contributed by atoms with Crippen molar-refractivity contribution in [2.75, 3.05) is 20.3 Å². The minimum Gasteiger partial charge on any atom is -0.392 e. The monoisotopic (exact) mass is 187 g/mol. The van der Waals surface area contributed by atoms with Gasteiger partial charge in [-0.05, 0) is 33.2 Å². The fourth-order valence-corrected chi connectivity index (χ4v) is 2.11. The van der Waals surface area contributed by atoms with Crippen LogP contribution in [0.3, 0.4) is 0 Å². The molecule has 1 heterocycles. The molecule has 0 aromatic heterocycles. The zero-order valence-electron chi connectivity index (χ0n) is 8.86. The number of ether oxygens (including phenoxy) is 1. The lowest BCUT2D eigenvalue weighted by Gasteiger charge is -2.40. The molecular weight excluding hydrogens is 166 g/mol. The van der Waals surface area contributed by atoms with Crippen LogP contribution in [0.25, 0.3) is 0 Å². The molecule has 1 N–H and O–H groups in total. The molecule has 1 rings (SSSR count). The first-order valence-corrected chi connectivity index (χ1v) is 5.09. The molecule has 0 spiro atoms. The van der Waals surface area contributed by atoms with E-state index in [9.17, 15) is 5.11 Å². The molecule has 0 aromatic rings. The van der Waals surface area contributed by atoms with Crippen molar-refractivity contribution < 1.29 is 9.84 Å². The zero-order chi connectivity index (χ0) is 9.84. The van der Waals surface area contributed by atoms with E-state index in [2.05, 4.69) is 18.7 Å². The van der Waals surface area contributed by atoms with Crippen LogP contribution in [0.4, 0.5) is 0 Å². The van der Waals surface area contributed by atoms with Crippen LogP contribution < -0.4 is 0 Å². The minimum atomic E-state index is -0.159. The highest BCUT2D eigenvalue weighted by Crippen LogP contribution is 2.19. The van der Waals surface area contributed by atoms with Gasteiger partial charge in [-0.25, -0.2) is 0 Å². The van der Waals surface area contributed by atoms with Crippen LogP contribution >= 0.6 is 0 Å². The van der Waals surface area contributed by atoms with Crippen molar-refractivity contribution >= 4 is 0 Å². The Balaban J connectivity index is 2.46. The molecule has 0 aromatic carbocycles. The second-order valence-corrected chi connectivity index (χ2v) is 3.99. The molecule has 1 aliphatic heterocycles. The smallest absolute Gasteiger partial charge is 0.0693 e. The first kappa shape index (κ1) is 11.0. The first-order valence-electron chi connectivity index (χ1n) is 5.09. The second-order valence-electron chi connectivity index (χ2n) is 3.99. The van der Waals surface area contributed by atoms with E-state index in [0.717, 1.165) is 26.0 Å². The predicted molar refractivity (Wildman–Crippen MR) is 52.7 cm³/mol. The summed E-state index contributed by atoms with van der Waals surface area (Å²) in [6.07, 6.45) is 1.88. The quantitative estimate of drug-likeness (QED) is 0.711. The van der Waals surface area contributed by atoms with E-state index in [1.807, 2.05) is 0 Å². The molecule has 0 amide bonds. The molecule has 13 heavy (non-hydrogen) atoms. The Morgan fingerprint density at radius 2 is 2.31 bits per heavy atom. The van der Waals surface area contributed by atoms with Gasteiger partial charge in [0.25, 0.3) is 0 Å². The molecule has 1 saturated heterocycles. The molecular formula is C10H21NO2. The van der Waals surface area contributed by atoms with Gasteiger partial charge >= 0.3 is 0 Å². The summed E-state index contributed by atoms with van der Waals surface area (Å²) in [5, 5.41) is 9.68. The lowest BCUT2D eigenvalue weighted by atomic mass is 9.99. The maximum atomic E-state index is 9.68. The summed E-state index contributed by atoms with van der Waals surface area (Å²) in [5.41, 5.74) is 0. The summed E-state index contributed by atoms with van der Waals surface area (Å²) < 4.78 is 5.12. The number of piperidine rings is 1. The Kier molecular flexibility index (Phi) is 4.16. The largest absolute Gasteiger partial charge is 0.392 e. The standard InChI is InChI=1S/C10H21NO2/c1-8(7-13-3)11-6-4-5-10(12)9(11)2/h8-10,12H,4-7H2,1-3H3. The normalized spacial score (nSPS) is 33.2. The highest BCUT2D eigenvalue weighted by atomic mass is 16.5. The molecule has 78 valence electrons. The van der Waals surface area contributed by atoms with E-state index < -0.39 is 0 Å². The van der Waals surface area contributed by atoms with E-state index in [4.69, 9.17) is 4.74 Å². The SMILES string of the molecule is COCC(C)N1CCCC(O)C1C. The van der Waals surface area contributed by atoms with E-state index in [-0.39, 0.29) is 12.1 Å². The summed E-state index contributed by atoms with van der Waals surface area (Å²) in [7, 11) is 1.72. The van der Waals surface area contributed by atoms with E-state index in [1.54, 1.807) is 7.11 Å². The molecule has 1 fully saturated rings. The van der Waals surface area contributed by atoms with E-state index in [0.29, 0.717) is 6.04 Å². The van der Waals surface area contributed by atoms with E-state index in [1.165, 1.54) is 0 Å². The van der Waals surface area contributed by atoms with Gasteiger partial charge in [-0.1, -0.05) is 0 Å². The van der Waals surface area contributed by atoms with Gasteiger partial charge in [-0.3, -0.25) is 4.90 Å². The maximum Gasteiger partial charge on any atom is 0.0693 e. The van der Waals surface area contributed by atoms with Crippen molar-refractivity contribution in [2.45, 2.75) is 44.9 Å². The molecule has 3 heteroatoms. The van der Waals surface area contributed by atoms with Crippen molar-refractivity contribution in [1.29, 1.82) is 0 Å². The lowest BCUT2D eigenvalue weighted by Crippen LogP contribution is -2.51. The molecule has 3 atom stereocenters. The fourth-order valence-electron chi connectivity index (χ4n) is 2.11. The van der Waals surface area contributed by atoms with Gasteiger partial charge in [0.05, 0.1) is 12.7 Å². The van der Waals surface area contributed by atoms with Gasteiger partial charge in [-0.2, -0.15) is 0 Å². The zero-order valence-corrected chi connectivity index (χ0v) is 8.86. The third-order valence-electron chi connectivity index (χ3n) is 2.97. The number of aliphatic hydroxyl groups excluding tert-OH is 1. The molecule has 1 aliphatic rings. The number of likely N-dealkylation sites (tertiary alicyclic amines) is 1. The van der Waals surface area contributed by atoms with Crippen molar-refractivity contribution in [3.8, 4) is 0 Å². The summed E-state index contributed by atoms with van der Waals surface area (Å²) in [4.78, 5) is 2.33. The predicted octanol–water partition coefficient (Wildman–Crippen LogP) is 0.867. The number of hydrogen-bond donors (Lipinski definition) is 1. The van der Waals surface area contributed by atoms with Crippen LogP contribution in [0.2, 0.25) is 0 Å². The summed E-state index contributed by atoms with van der Waals surface area (Å²) in [6.45, 7) is 6.08. The van der Waals surface area contributed by atoms with Crippen molar-refractivity contribution in [3.05, 3.63) is 0 Å². The van der Waals surface area contributed by atoms with Gasteiger partial charge in [-0.15, -0.1) is 0 Å². The van der Waals surface area contributed by atoms with Crippen LogP contribution in [0.1, 0.15) is 26.7 Å². The Morgan fingerprint density at radius 3 is 2.92 bits per heavy atom. The molecule has 3 nitrogen and oxygen atoms in total. The molecule has 0 radical (unpaired) electrons. The van der Waals surface area contributed by atoms with Crippen LogP contribution in [0.15, 0.2) is 0 Å². The fraction of sp³-hybridized carbons (Fsp3) is 1.00. The number of methoxy groups -OCH3 is 1. The highest BCUT2D eigenvalue weighted by molar-refractivity contribution is 4.83. The third kappa shape index (κ3) is 2.66. The van der Waals surface area contributed by atoms with Crippen molar-refractivity contribution in [3.63, 3.8) is 0 Å². The highest BCUT2D eigenvalue weighted by Gasteiger charge is 2.29. The average molecular weight is 187 g/mol. The van der Waals surface area contributed by atoms with Gasteiger partial charge < -0.3 is 9.84 Å².